The molecule has 0 bridgehead atoms. The minimum Gasteiger partial charge on any atom is -0.493 e. The van der Waals surface area contributed by atoms with Gasteiger partial charge in [0.2, 0.25) is 18.6 Å². The summed E-state index contributed by atoms with van der Waals surface area (Å²) in [6.45, 7) is 0.694. The molecule has 0 atom stereocenters. The van der Waals surface area contributed by atoms with E-state index < -0.39 is 0 Å². The zero-order chi connectivity index (χ0) is 15.5. The first kappa shape index (κ1) is 13.6. The number of aromatic nitrogens is 2. The monoisotopic (exact) mass is 310 g/mol. The predicted molar refractivity (Wildman–Crippen MR) is 81.5 cm³/mol. The van der Waals surface area contributed by atoms with Gasteiger partial charge in [0.15, 0.2) is 11.5 Å². The standard InChI is InChI=1S/C17H14N2O4/c1-2-4-12(5-3-1)17-19-18-16(23-17)8-9-20-13-6-7-14-15(10-13)22-11-21-14/h1-7,10H,8-9,11H2. The van der Waals surface area contributed by atoms with E-state index >= 15 is 0 Å². The van der Waals surface area contributed by atoms with Crippen LogP contribution < -0.4 is 14.2 Å². The Morgan fingerprint density at radius 3 is 2.74 bits per heavy atom. The Kier molecular flexibility index (Phi) is 3.56. The molecule has 2 aromatic carbocycles. The first-order valence-electron chi connectivity index (χ1n) is 7.29. The number of benzene rings is 2. The molecule has 0 amide bonds. The summed E-state index contributed by atoms with van der Waals surface area (Å²) in [6, 6.07) is 15.2. The van der Waals surface area contributed by atoms with Crippen molar-refractivity contribution in [2.24, 2.45) is 0 Å². The number of hydrogen-bond acceptors (Lipinski definition) is 6. The summed E-state index contributed by atoms with van der Waals surface area (Å²) < 4.78 is 21.9. The molecule has 0 aliphatic carbocycles. The number of rotatable bonds is 5. The van der Waals surface area contributed by atoms with E-state index in [1.807, 2.05) is 48.5 Å². The highest BCUT2D eigenvalue weighted by molar-refractivity contribution is 5.51. The van der Waals surface area contributed by atoms with Crippen molar-refractivity contribution in [1.29, 1.82) is 0 Å². The van der Waals surface area contributed by atoms with E-state index in [4.69, 9.17) is 18.6 Å². The number of hydrogen-bond donors (Lipinski definition) is 0. The molecular formula is C17H14N2O4. The third-order valence-corrected chi connectivity index (χ3v) is 3.42. The Bertz CT molecular complexity index is 801. The molecule has 116 valence electrons. The molecule has 23 heavy (non-hydrogen) atoms. The summed E-state index contributed by atoms with van der Waals surface area (Å²) >= 11 is 0. The Hall–Kier alpha value is -3.02. The van der Waals surface area contributed by atoms with Crippen LogP contribution in [0, 0.1) is 0 Å². The van der Waals surface area contributed by atoms with Crippen LogP contribution in [0.2, 0.25) is 0 Å². The van der Waals surface area contributed by atoms with E-state index in [9.17, 15) is 0 Å². The number of nitrogens with zero attached hydrogens (tertiary/aromatic N) is 2. The number of fused-ring (bicyclic) bond motifs is 1. The Labute approximate surface area is 132 Å². The van der Waals surface area contributed by atoms with E-state index in [2.05, 4.69) is 10.2 Å². The summed E-state index contributed by atoms with van der Waals surface area (Å²) in [5.74, 6) is 3.22. The molecule has 2 heterocycles. The van der Waals surface area contributed by atoms with Crippen molar-refractivity contribution in [3.63, 3.8) is 0 Å². The molecule has 1 aromatic heterocycles. The zero-order valence-electron chi connectivity index (χ0n) is 12.3. The highest BCUT2D eigenvalue weighted by Crippen LogP contribution is 2.35. The predicted octanol–water partition coefficient (Wildman–Crippen LogP) is 3.09. The van der Waals surface area contributed by atoms with Gasteiger partial charge in [0.25, 0.3) is 0 Å². The van der Waals surface area contributed by atoms with Crippen molar-refractivity contribution in [2.45, 2.75) is 6.42 Å². The molecule has 0 spiro atoms. The van der Waals surface area contributed by atoms with Crippen LogP contribution in [-0.4, -0.2) is 23.6 Å². The van der Waals surface area contributed by atoms with Gasteiger partial charge in [0.05, 0.1) is 13.0 Å². The lowest BCUT2D eigenvalue weighted by Gasteiger charge is -2.05. The van der Waals surface area contributed by atoms with Crippen LogP contribution in [0.3, 0.4) is 0 Å². The summed E-state index contributed by atoms with van der Waals surface area (Å²) in [5.41, 5.74) is 0.905. The number of ether oxygens (including phenoxy) is 3. The van der Waals surface area contributed by atoms with Gasteiger partial charge < -0.3 is 18.6 Å². The van der Waals surface area contributed by atoms with Gasteiger partial charge in [-0.25, -0.2) is 0 Å². The maximum Gasteiger partial charge on any atom is 0.247 e. The van der Waals surface area contributed by atoms with E-state index in [-0.39, 0.29) is 6.79 Å². The van der Waals surface area contributed by atoms with Gasteiger partial charge in [-0.3, -0.25) is 0 Å². The van der Waals surface area contributed by atoms with Crippen LogP contribution >= 0.6 is 0 Å². The molecule has 0 N–H and O–H groups in total. The molecule has 0 fully saturated rings. The molecule has 1 aliphatic rings. The Balaban J connectivity index is 1.36. The molecule has 3 aromatic rings. The van der Waals surface area contributed by atoms with Crippen LogP contribution in [0.25, 0.3) is 11.5 Å². The highest BCUT2D eigenvalue weighted by Gasteiger charge is 2.14. The molecule has 1 aliphatic heterocycles. The second-order valence-corrected chi connectivity index (χ2v) is 4.98. The van der Waals surface area contributed by atoms with Gasteiger partial charge in [0.1, 0.15) is 5.75 Å². The molecule has 0 saturated carbocycles. The van der Waals surface area contributed by atoms with Crippen molar-refractivity contribution in [3.8, 4) is 28.7 Å². The van der Waals surface area contributed by atoms with Gasteiger partial charge in [0, 0.05) is 11.6 Å². The lowest BCUT2D eigenvalue weighted by Crippen LogP contribution is -2.01. The SMILES string of the molecule is c1ccc(-c2nnc(CCOc3ccc4c(c3)OCO4)o2)cc1. The van der Waals surface area contributed by atoms with E-state index in [1.54, 1.807) is 0 Å². The van der Waals surface area contributed by atoms with E-state index in [1.165, 1.54) is 0 Å². The van der Waals surface area contributed by atoms with Crippen molar-refractivity contribution < 1.29 is 18.6 Å². The summed E-state index contributed by atoms with van der Waals surface area (Å²) in [5, 5.41) is 8.09. The maximum absolute atomic E-state index is 5.69. The second kappa shape index (κ2) is 6.00. The lowest BCUT2D eigenvalue weighted by atomic mass is 10.2. The normalized spacial score (nSPS) is 12.3. The molecule has 0 radical (unpaired) electrons. The van der Waals surface area contributed by atoms with Crippen LogP contribution in [-0.2, 0) is 6.42 Å². The molecule has 0 saturated heterocycles. The largest absolute Gasteiger partial charge is 0.493 e. The fraction of sp³-hybridized carbons (Fsp3) is 0.176. The van der Waals surface area contributed by atoms with Crippen molar-refractivity contribution in [2.75, 3.05) is 13.4 Å². The second-order valence-electron chi connectivity index (χ2n) is 4.98. The molecule has 4 rings (SSSR count). The smallest absolute Gasteiger partial charge is 0.247 e. The third-order valence-electron chi connectivity index (χ3n) is 3.42. The van der Waals surface area contributed by atoms with Crippen molar-refractivity contribution >= 4 is 0 Å². The molecular weight excluding hydrogens is 296 g/mol. The fourth-order valence-corrected chi connectivity index (χ4v) is 2.27. The van der Waals surface area contributed by atoms with Crippen molar-refractivity contribution in [1.82, 2.24) is 10.2 Å². The van der Waals surface area contributed by atoms with Gasteiger partial charge in [-0.1, -0.05) is 18.2 Å². The van der Waals surface area contributed by atoms with Crippen LogP contribution in [0.1, 0.15) is 5.89 Å². The van der Waals surface area contributed by atoms with Crippen LogP contribution in [0.15, 0.2) is 52.9 Å². The van der Waals surface area contributed by atoms with Gasteiger partial charge in [-0.15, -0.1) is 10.2 Å². The van der Waals surface area contributed by atoms with Crippen LogP contribution in [0.5, 0.6) is 17.2 Å². The Morgan fingerprint density at radius 1 is 0.957 bits per heavy atom. The van der Waals surface area contributed by atoms with Gasteiger partial charge in [-0.2, -0.15) is 0 Å². The molecule has 0 unspecified atom stereocenters. The first-order chi connectivity index (χ1) is 11.4. The minimum absolute atomic E-state index is 0.253. The summed E-state index contributed by atoms with van der Waals surface area (Å²) in [6.07, 6.45) is 0.536. The van der Waals surface area contributed by atoms with E-state index in [0.717, 1.165) is 17.1 Å². The fourth-order valence-electron chi connectivity index (χ4n) is 2.27. The van der Waals surface area contributed by atoms with E-state index in [0.29, 0.717) is 30.6 Å². The van der Waals surface area contributed by atoms with Gasteiger partial charge in [-0.05, 0) is 24.3 Å². The highest BCUT2D eigenvalue weighted by atomic mass is 16.7. The third kappa shape index (κ3) is 2.96. The molecule has 6 nitrogen and oxygen atoms in total. The average Bonchev–Trinajstić information content (AvgIpc) is 3.24. The van der Waals surface area contributed by atoms with Crippen molar-refractivity contribution in [3.05, 3.63) is 54.4 Å². The first-order valence-corrected chi connectivity index (χ1v) is 7.29. The summed E-state index contributed by atoms with van der Waals surface area (Å²) in [4.78, 5) is 0. The summed E-state index contributed by atoms with van der Waals surface area (Å²) in [7, 11) is 0. The van der Waals surface area contributed by atoms with Crippen LogP contribution in [0.4, 0.5) is 0 Å². The minimum atomic E-state index is 0.253. The quantitative estimate of drug-likeness (QED) is 0.721. The van der Waals surface area contributed by atoms with Gasteiger partial charge >= 0.3 is 0 Å². The topological polar surface area (TPSA) is 66.6 Å². The lowest BCUT2D eigenvalue weighted by molar-refractivity contribution is 0.173. The molecule has 6 heteroatoms. The maximum atomic E-state index is 5.69. The average molecular weight is 310 g/mol. The Morgan fingerprint density at radius 2 is 1.83 bits per heavy atom. The zero-order valence-corrected chi connectivity index (χ0v) is 12.3.